The zero-order valence-corrected chi connectivity index (χ0v) is 28.5. The number of para-hydroxylation sites is 2. The molecule has 0 saturated carbocycles. The highest BCUT2D eigenvalue weighted by Crippen LogP contribution is 2.71. The topological polar surface area (TPSA) is 115 Å². The zero-order chi connectivity index (χ0) is 35.2. The molecule has 5 heterocycles. The van der Waals surface area contributed by atoms with Crippen molar-refractivity contribution < 1.29 is 33.4 Å². The lowest BCUT2D eigenvalue weighted by Gasteiger charge is -2.42. The maximum Gasteiger partial charge on any atom is 0.379 e. The summed E-state index contributed by atoms with van der Waals surface area (Å²) in [4.78, 5) is 76.4. The van der Waals surface area contributed by atoms with Crippen molar-refractivity contribution in [2.75, 3.05) is 25.7 Å². The van der Waals surface area contributed by atoms with Gasteiger partial charge in [0, 0.05) is 23.2 Å². The Hall–Kier alpha value is -5.52. The number of Topliss-reactive ketones (excluding diaryl/α,β-unsaturated/α-hetero) is 1. The van der Waals surface area contributed by atoms with Crippen LogP contribution in [0.2, 0.25) is 0 Å². The Balaban J connectivity index is 1.35. The molecule has 4 aliphatic rings. The predicted molar refractivity (Wildman–Crippen MR) is 188 cm³/mol. The lowest BCUT2D eigenvalue weighted by atomic mass is 9.73. The minimum Gasteiger partial charge on any atom is -0.469 e. The van der Waals surface area contributed by atoms with Crippen LogP contribution in [0, 0.1) is 5.92 Å². The van der Waals surface area contributed by atoms with E-state index >= 15 is 9.59 Å². The molecule has 0 aliphatic carbocycles. The molecule has 2 spiro atoms. The average molecular weight is 698 g/mol. The number of methoxy groups -OCH3 is 2. The summed E-state index contributed by atoms with van der Waals surface area (Å²) in [6.45, 7) is 0.617. The number of anilines is 1. The van der Waals surface area contributed by atoms with Gasteiger partial charge in [0.1, 0.15) is 16.2 Å². The zero-order valence-electron chi connectivity index (χ0n) is 27.7. The van der Waals surface area contributed by atoms with Crippen molar-refractivity contribution >= 4 is 57.9 Å². The molecule has 254 valence electrons. The maximum atomic E-state index is 15.7. The third kappa shape index (κ3) is 3.90. The molecule has 0 bridgehead atoms. The van der Waals surface area contributed by atoms with Gasteiger partial charge < -0.3 is 14.4 Å². The maximum absolute atomic E-state index is 15.7. The van der Waals surface area contributed by atoms with Crippen molar-refractivity contribution in [1.29, 1.82) is 0 Å². The molecule has 4 aromatic carbocycles. The molecule has 51 heavy (non-hydrogen) atoms. The van der Waals surface area contributed by atoms with Crippen molar-refractivity contribution in [3.8, 4) is 0 Å². The second-order valence-electron chi connectivity index (χ2n) is 13.2. The van der Waals surface area contributed by atoms with Crippen LogP contribution in [0.25, 0.3) is 10.9 Å². The van der Waals surface area contributed by atoms with Crippen molar-refractivity contribution in [3.05, 3.63) is 131 Å². The number of hydrogen-bond donors (Lipinski definition) is 0. The predicted octanol–water partition coefficient (Wildman–Crippen LogP) is 5.33. The molecule has 1 saturated heterocycles. The van der Waals surface area contributed by atoms with E-state index in [1.165, 1.54) is 11.7 Å². The van der Waals surface area contributed by atoms with E-state index < -0.39 is 45.9 Å². The fraction of sp³-hybridized carbons (Fsp3) is 0.225. The number of esters is 2. The molecule has 1 unspecified atom stereocenters. The lowest BCUT2D eigenvalue weighted by molar-refractivity contribution is -0.153. The number of carbonyl (C=O) groups is 5. The van der Waals surface area contributed by atoms with Crippen LogP contribution in [0.4, 0.5) is 5.69 Å². The first kappa shape index (κ1) is 31.5. The van der Waals surface area contributed by atoms with E-state index in [1.54, 1.807) is 29.2 Å². The number of ketones is 1. The van der Waals surface area contributed by atoms with Gasteiger partial charge >= 0.3 is 11.9 Å². The smallest absolute Gasteiger partial charge is 0.379 e. The number of hydrogen-bond acceptors (Lipinski definition) is 9. The number of carbonyl (C=O) groups excluding carboxylic acids is 5. The first-order valence-electron chi connectivity index (χ1n) is 16.7. The summed E-state index contributed by atoms with van der Waals surface area (Å²) < 4.78 is 10.2. The highest BCUT2D eigenvalue weighted by atomic mass is 32.2. The summed E-state index contributed by atoms with van der Waals surface area (Å²) in [5.41, 5.74) is 2.78. The van der Waals surface area contributed by atoms with E-state index in [9.17, 15) is 14.4 Å². The van der Waals surface area contributed by atoms with Crippen LogP contribution >= 0.6 is 11.8 Å². The molecule has 0 radical (unpaired) electrons. The third-order valence-electron chi connectivity index (χ3n) is 11.0. The molecule has 1 amide bonds. The second kappa shape index (κ2) is 11.2. The highest BCUT2D eigenvalue weighted by molar-refractivity contribution is 8.02. The van der Waals surface area contributed by atoms with Crippen molar-refractivity contribution in [1.82, 2.24) is 9.47 Å². The number of rotatable bonds is 5. The number of thioether (sulfide) groups is 1. The van der Waals surface area contributed by atoms with Gasteiger partial charge in [-0.1, -0.05) is 103 Å². The van der Waals surface area contributed by atoms with Crippen molar-refractivity contribution in [2.24, 2.45) is 5.92 Å². The van der Waals surface area contributed by atoms with Gasteiger partial charge in [-0.3, -0.25) is 28.6 Å². The molecular weight excluding hydrogens is 667 g/mol. The molecule has 5 aromatic rings. The number of amides is 1. The molecule has 1 aromatic heterocycles. The normalized spacial score (nSPS) is 24.5. The van der Waals surface area contributed by atoms with Gasteiger partial charge in [-0.25, -0.2) is 4.79 Å². The first-order valence-corrected chi connectivity index (χ1v) is 17.5. The number of nitrogens with zero attached hydrogens (tertiary/aromatic N) is 3. The monoisotopic (exact) mass is 697 g/mol. The Morgan fingerprint density at radius 2 is 1.53 bits per heavy atom. The van der Waals surface area contributed by atoms with Crippen LogP contribution in [0.15, 0.2) is 108 Å². The molecule has 4 aliphatic heterocycles. The molecule has 11 heteroatoms. The summed E-state index contributed by atoms with van der Waals surface area (Å²) in [7, 11) is 2.40. The van der Waals surface area contributed by atoms with Gasteiger partial charge in [-0.2, -0.15) is 0 Å². The van der Waals surface area contributed by atoms with Gasteiger partial charge in [0.25, 0.3) is 17.6 Å². The van der Waals surface area contributed by atoms with Crippen molar-refractivity contribution in [2.45, 2.75) is 34.3 Å². The molecule has 1 fully saturated rings. The SMILES string of the molecule is COC(=O)C(=O)c1c2n(c3ccccc13)C(=O)[C@@]1(S2)C2c3ccccc3CCN2[C@@]2(C(=O)N(Cc3ccccc3)c3ccccc32)[C@@H]1C(=O)OC. The molecule has 10 nitrogen and oxygen atoms in total. The minimum absolute atomic E-state index is 0.0248. The highest BCUT2D eigenvalue weighted by Gasteiger charge is 2.81. The molecular formula is C40H31N3O7S. The van der Waals surface area contributed by atoms with Gasteiger partial charge in [0.2, 0.25) is 0 Å². The van der Waals surface area contributed by atoms with Crippen LogP contribution in [0.5, 0.6) is 0 Å². The third-order valence-corrected chi connectivity index (χ3v) is 12.6. The Kier molecular flexibility index (Phi) is 6.94. The van der Waals surface area contributed by atoms with E-state index in [0.717, 1.165) is 35.6 Å². The molecule has 0 N–H and O–H groups in total. The first-order chi connectivity index (χ1) is 24.8. The summed E-state index contributed by atoms with van der Waals surface area (Å²) >= 11 is 1.08. The largest absolute Gasteiger partial charge is 0.469 e. The lowest BCUT2D eigenvalue weighted by Crippen LogP contribution is -2.57. The number of aromatic nitrogens is 1. The fourth-order valence-corrected chi connectivity index (χ4v) is 10.9. The average Bonchev–Trinajstić information content (AvgIpc) is 3.82. The second-order valence-corrected chi connectivity index (χ2v) is 14.5. The standard InChI is InChI=1S/C40H31N3O7S/c1-49-35(45)31(44)30-26-16-8-10-18-28(26)43-34(30)51-40(38(43)48)32(36(46)50-2)39(42-21-20-24-14-6-7-15-25(24)33(40)42)27-17-9-11-19-29(27)41(37(39)47)22-23-12-4-3-5-13-23/h3-19,32-33H,20-22H2,1-2H3/t32-,33?,39+,40-/m0/s1. The number of ether oxygens (including phenoxy) is 2. The van der Waals surface area contributed by atoms with Gasteiger partial charge in [0.15, 0.2) is 0 Å². The Bertz CT molecular complexity index is 2350. The Morgan fingerprint density at radius 1 is 0.824 bits per heavy atom. The summed E-state index contributed by atoms with van der Waals surface area (Å²) in [5, 5.41) is 0.642. The van der Waals surface area contributed by atoms with Crippen LogP contribution < -0.4 is 4.90 Å². The number of benzene rings is 4. The van der Waals surface area contributed by atoms with Gasteiger partial charge in [-0.15, -0.1) is 0 Å². The van der Waals surface area contributed by atoms with Crippen LogP contribution in [-0.2, 0) is 42.4 Å². The van der Waals surface area contributed by atoms with Crippen molar-refractivity contribution in [3.63, 3.8) is 0 Å². The Labute approximate surface area is 296 Å². The van der Waals surface area contributed by atoms with Gasteiger partial charge in [0.05, 0.1) is 42.9 Å². The summed E-state index contributed by atoms with van der Waals surface area (Å²) in [6, 6.07) is 31.0. The van der Waals surface area contributed by atoms with Gasteiger partial charge in [-0.05, 0) is 35.2 Å². The van der Waals surface area contributed by atoms with E-state index in [-0.39, 0.29) is 23.0 Å². The van der Waals surface area contributed by atoms with E-state index in [2.05, 4.69) is 0 Å². The molecule has 9 rings (SSSR count). The van der Waals surface area contributed by atoms with E-state index in [4.69, 9.17) is 9.47 Å². The van der Waals surface area contributed by atoms with Crippen LogP contribution in [0.3, 0.4) is 0 Å². The quantitative estimate of drug-likeness (QED) is 0.137. The summed E-state index contributed by atoms with van der Waals surface area (Å²) in [5.74, 6) is -4.85. The minimum atomic E-state index is -1.69. The Morgan fingerprint density at radius 3 is 2.31 bits per heavy atom. The van der Waals surface area contributed by atoms with Crippen LogP contribution in [-0.4, -0.2) is 64.5 Å². The molecule has 4 atom stereocenters. The number of fused-ring (bicyclic) bond motifs is 10. The van der Waals surface area contributed by atoms with E-state index in [1.807, 2.05) is 83.8 Å². The van der Waals surface area contributed by atoms with Crippen LogP contribution in [0.1, 0.15) is 43.4 Å². The summed E-state index contributed by atoms with van der Waals surface area (Å²) in [6.07, 6.45) is 0.576. The van der Waals surface area contributed by atoms with E-state index in [0.29, 0.717) is 35.1 Å². The fourth-order valence-electron chi connectivity index (χ4n) is 9.11.